The number of carboxylic acids is 1. The average molecular weight is 217 g/mol. The molecule has 3 rings (SSSR count). The number of carbonyl (C=O) groups is 2. The largest absolute Gasteiger partial charge is 0.478 e. The predicted octanol–water partition coefficient (Wildman–Crippen LogP) is 1.12. The Balaban J connectivity index is 2.09. The van der Waals surface area contributed by atoms with Crippen LogP contribution in [-0.4, -0.2) is 17.0 Å². The highest BCUT2D eigenvalue weighted by Gasteiger charge is 2.41. The standard InChI is InChI=1S/C12H11NO3/c14-10-5-6-4-9-7(11(6)13-10)2-1-3-8(9)12(15)16/h1-3,6,11H,4-5H2,(H,13,14)(H,15,16)/t6-,11?/m1/s1. The number of fused-ring (bicyclic) bond motifs is 3. The van der Waals surface area contributed by atoms with E-state index in [-0.39, 0.29) is 17.9 Å². The molecule has 1 amide bonds. The molecule has 1 fully saturated rings. The minimum Gasteiger partial charge on any atom is -0.478 e. The van der Waals surface area contributed by atoms with Crippen molar-refractivity contribution in [1.29, 1.82) is 0 Å². The van der Waals surface area contributed by atoms with Gasteiger partial charge in [0.1, 0.15) is 0 Å². The number of hydrogen-bond donors (Lipinski definition) is 2. The molecular weight excluding hydrogens is 206 g/mol. The van der Waals surface area contributed by atoms with E-state index >= 15 is 0 Å². The van der Waals surface area contributed by atoms with Crippen molar-refractivity contribution in [2.24, 2.45) is 5.92 Å². The number of nitrogens with one attached hydrogen (secondary N) is 1. The van der Waals surface area contributed by atoms with Crippen molar-refractivity contribution < 1.29 is 14.7 Å². The molecule has 0 spiro atoms. The highest BCUT2D eigenvalue weighted by atomic mass is 16.4. The fraction of sp³-hybridized carbons (Fsp3) is 0.333. The molecule has 0 saturated carbocycles. The van der Waals surface area contributed by atoms with Crippen molar-refractivity contribution in [1.82, 2.24) is 5.32 Å². The van der Waals surface area contributed by atoms with Crippen molar-refractivity contribution in [2.45, 2.75) is 18.9 Å². The van der Waals surface area contributed by atoms with E-state index in [0.717, 1.165) is 11.1 Å². The van der Waals surface area contributed by atoms with Gasteiger partial charge in [0.15, 0.2) is 0 Å². The second-order valence-corrected chi connectivity index (χ2v) is 4.39. The predicted molar refractivity (Wildman–Crippen MR) is 56.1 cm³/mol. The topological polar surface area (TPSA) is 66.4 Å². The molecule has 1 aromatic carbocycles. The number of rotatable bonds is 1. The first-order valence-electron chi connectivity index (χ1n) is 5.31. The highest BCUT2D eigenvalue weighted by molar-refractivity contribution is 5.90. The number of carboxylic acid groups (broad SMARTS) is 1. The Hall–Kier alpha value is -1.84. The van der Waals surface area contributed by atoms with Crippen LogP contribution in [0.2, 0.25) is 0 Å². The normalized spacial score (nSPS) is 26.1. The second kappa shape index (κ2) is 3.07. The Morgan fingerprint density at radius 1 is 1.38 bits per heavy atom. The quantitative estimate of drug-likeness (QED) is 0.740. The maximum Gasteiger partial charge on any atom is 0.335 e. The lowest BCUT2D eigenvalue weighted by molar-refractivity contribution is -0.119. The molecule has 16 heavy (non-hydrogen) atoms. The lowest BCUT2D eigenvalue weighted by Gasteiger charge is -2.09. The molecule has 1 aliphatic heterocycles. The van der Waals surface area contributed by atoms with E-state index in [0.29, 0.717) is 18.4 Å². The van der Waals surface area contributed by atoms with Crippen LogP contribution >= 0.6 is 0 Å². The fourth-order valence-electron chi connectivity index (χ4n) is 2.81. The molecule has 0 aromatic heterocycles. The van der Waals surface area contributed by atoms with Crippen molar-refractivity contribution in [3.8, 4) is 0 Å². The molecule has 1 aliphatic carbocycles. The van der Waals surface area contributed by atoms with E-state index in [1.54, 1.807) is 12.1 Å². The van der Waals surface area contributed by atoms with Gasteiger partial charge in [0.05, 0.1) is 11.6 Å². The Bertz CT molecular complexity index is 495. The van der Waals surface area contributed by atoms with Crippen LogP contribution in [0.5, 0.6) is 0 Å². The summed E-state index contributed by atoms with van der Waals surface area (Å²) >= 11 is 0. The van der Waals surface area contributed by atoms with Gasteiger partial charge in [-0.05, 0) is 29.5 Å². The zero-order valence-electron chi connectivity index (χ0n) is 8.56. The maximum atomic E-state index is 11.3. The molecule has 4 heteroatoms. The monoisotopic (exact) mass is 217 g/mol. The third kappa shape index (κ3) is 1.16. The molecule has 1 saturated heterocycles. The zero-order valence-corrected chi connectivity index (χ0v) is 8.56. The van der Waals surface area contributed by atoms with Crippen LogP contribution < -0.4 is 5.32 Å². The summed E-state index contributed by atoms with van der Waals surface area (Å²) in [5, 5.41) is 12.0. The van der Waals surface area contributed by atoms with E-state index in [1.807, 2.05) is 6.07 Å². The van der Waals surface area contributed by atoms with Crippen LogP contribution in [0.1, 0.15) is 33.9 Å². The Morgan fingerprint density at radius 2 is 2.19 bits per heavy atom. The molecular formula is C12H11NO3. The zero-order chi connectivity index (χ0) is 11.3. The summed E-state index contributed by atoms with van der Waals surface area (Å²) in [5.41, 5.74) is 2.25. The molecule has 1 heterocycles. The smallest absolute Gasteiger partial charge is 0.335 e. The minimum atomic E-state index is -0.886. The molecule has 0 bridgehead atoms. The molecule has 82 valence electrons. The van der Waals surface area contributed by atoms with Gasteiger partial charge < -0.3 is 10.4 Å². The highest BCUT2D eigenvalue weighted by Crippen LogP contribution is 2.42. The second-order valence-electron chi connectivity index (χ2n) is 4.39. The third-order valence-corrected chi connectivity index (χ3v) is 3.48. The molecule has 2 aliphatic rings. The summed E-state index contributed by atoms with van der Waals surface area (Å²) in [6.45, 7) is 0. The van der Waals surface area contributed by atoms with E-state index in [4.69, 9.17) is 5.11 Å². The lowest BCUT2D eigenvalue weighted by Crippen LogP contribution is -2.18. The lowest BCUT2D eigenvalue weighted by atomic mass is 10.0. The number of benzene rings is 1. The Labute approximate surface area is 92.3 Å². The van der Waals surface area contributed by atoms with Crippen LogP contribution in [0.15, 0.2) is 18.2 Å². The summed E-state index contributed by atoms with van der Waals surface area (Å²) in [6, 6.07) is 5.32. The third-order valence-electron chi connectivity index (χ3n) is 3.48. The number of carbonyl (C=O) groups excluding carboxylic acids is 1. The number of amides is 1. The van der Waals surface area contributed by atoms with E-state index < -0.39 is 5.97 Å². The van der Waals surface area contributed by atoms with Crippen molar-refractivity contribution in [2.75, 3.05) is 0 Å². The maximum absolute atomic E-state index is 11.3. The molecule has 2 N–H and O–H groups in total. The summed E-state index contributed by atoms with van der Waals surface area (Å²) < 4.78 is 0. The van der Waals surface area contributed by atoms with Crippen LogP contribution in [0.3, 0.4) is 0 Å². The summed E-state index contributed by atoms with van der Waals surface area (Å²) in [6.07, 6.45) is 1.21. The molecule has 4 nitrogen and oxygen atoms in total. The molecule has 1 aromatic rings. The van der Waals surface area contributed by atoms with Gasteiger partial charge in [-0.3, -0.25) is 4.79 Å². The average Bonchev–Trinajstić information content (AvgIpc) is 2.72. The van der Waals surface area contributed by atoms with E-state index in [1.165, 1.54) is 0 Å². The van der Waals surface area contributed by atoms with Gasteiger partial charge in [-0.2, -0.15) is 0 Å². The van der Waals surface area contributed by atoms with Crippen LogP contribution in [0.4, 0.5) is 0 Å². The Morgan fingerprint density at radius 3 is 2.94 bits per heavy atom. The van der Waals surface area contributed by atoms with Gasteiger partial charge in [0.2, 0.25) is 5.91 Å². The summed E-state index contributed by atoms with van der Waals surface area (Å²) in [5.74, 6) is -0.576. The number of hydrogen-bond acceptors (Lipinski definition) is 2. The van der Waals surface area contributed by atoms with Gasteiger partial charge in [-0.15, -0.1) is 0 Å². The Kier molecular flexibility index (Phi) is 1.80. The van der Waals surface area contributed by atoms with Gasteiger partial charge in [-0.25, -0.2) is 4.79 Å². The van der Waals surface area contributed by atoms with Gasteiger partial charge >= 0.3 is 5.97 Å². The van der Waals surface area contributed by atoms with E-state index in [2.05, 4.69) is 5.32 Å². The first-order chi connectivity index (χ1) is 7.66. The van der Waals surface area contributed by atoms with Gasteiger partial charge in [0.25, 0.3) is 0 Å². The SMILES string of the molecule is O=C1C[C@H]2Cc3c(C(=O)O)cccc3C2N1. The van der Waals surface area contributed by atoms with Crippen LogP contribution in [0.25, 0.3) is 0 Å². The van der Waals surface area contributed by atoms with Crippen molar-refractivity contribution >= 4 is 11.9 Å². The van der Waals surface area contributed by atoms with Gasteiger partial charge in [-0.1, -0.05) is 12.1 Å². The number of aromatic carboxylic acids is 1. The minimum absolute atomic E-state index is 0.0294. The van der Waals surface area contributed by atoms with E-state index in [9.17, 15) is 9.59 Å². The molecule has 2 atom stereocenters. The van der Waals surface area contributed by atoms with Crippen molar-refractivity contribution in [3.05, 3.63) is 34.9 Å². The molecule has 0 radical (unpaired) electrons. The first-order valence-corrected chi connectivity index (χ1v) is 5.31. The van der Waals surface area contributed by atoms with Crippen molar-refractivity contribution in [3.63, 3.8) is 0 Å². The van der Waals surface area contributed by atoms with Gasteiger partial charge in [0, 0.05) is 6.42 Å². The molecule has 1 unspecified atom stereocenters. The first kappa shape index (κ1) is 9.39. The summed E-state index contributed by atoms with van der Waals surface area (Å²) in [7, 11) is 0. The summed E-state index contributed by atoms with van der Waals surface area (Å²) in [4.78, 5) is 22.3. The van der Waals surface area contributed by atoms with Crippen LogP contribution in [-0.2, 0) is 11.2 Å². The fourth-order valence-corrected chi connectivity index (χ4v) is 2.81. The van der Waals surface area contributed by atoms with Crippen LogP contribution in [0, 0.1) is 5.92 Å².